The maximum absolute atomic E-state index is 13.1. The Morgan fingerprint density at radius 3 is 1.69 bits per heavy atom. The molecule has 0 aromatic carbocycles. The van der Waals surface area contributed by atoms with Crippen molar-refractivity contribution in [2.75, 3.05) is 13.2 Å². The van der Waals surface area contributed by atoms with Gasteiger partial charge in [0.05, 0.1) is 5.92 Å². The molecule has 0 rings (SSSR count). The summed E-state index contributed by atoms with van der Waals surface area (Å²) in [6, 6.07) is 0. The second-order valence-electron chi connectivity index (χ2n) is 5.30. The maximum atomic E-state index is 13.1. The number of esters is 3. The molecule has 0 amide bonds. The lowest BCUT2D eigenvalue weighted by atomic mass is 10.0. The number of carbonyl (C=O) groups is 3. The van der Waals surface area contributed by atoms with E-state index in [9.17, 15) is 40.7 Å². The third kappa shape index (κ3) is 5.36. The van der Waals surface area contributed by atoms with Crippen LogP contribution >= 0.6 is 0 Å². The van der Waals surface area contributed by atoms with Crippen LogP contribution in [0.4, 0.5) is 26.3 Å². The molecule has 12 heteroatoms. The molecule has 0 aliphatic rings. The maximum Gasteiger partial charge on any atom is 0.449 e. The Kier molecular flexibility index (Phi) is 7.67. The summed E-state index contributed by atoms with van der Waals surface area (Å²) in [6.45, 7) is 4.40. The smallest absolute Gasteiger partial charge is 0.449 e. The van der Waals surface area contributed by atoms with Gasteiger partial charge in [0.25, 0.3) is 0 Å². The Labute approximate surface area is 144 Å². The Balaban J connectivity index is 5.51. The molecule has 0 unspecified atom stereocenters. The van der Waals surface area contributed by atoms with Crippen molar-refractivity contribution in [1.29, 1.82) is 0 Å². The van der Waals surface area contributed by atoms with E-state index in [-0.39, 0.29) is 5.57 Å². The number of hydrogen-bond acceptors (Lipinski definition) is 6. The minimum absolute atomic E-state index is 0.0953. The molecular formula is C14H16F6O6. The molecule has 6 nitrogen and oxygen atoms in total. The van der Waals surface area contributed by atoms with Crippen molar-refractivity contribution in [3.05, 3.63) is 12.2 Å². The molecule has 0 N–H and O–H groups in total. The SMILES string of the molecule is C=C(C)C(=O)OCCOC(=O)C(OC(=O)C(C)C)(C(F)(F)F)C(F)(F)F. The zero-order valence-electron chi connectivity index (χ0n) is 13.9. The Bertz CT molecular complexity index is 549. The van der Waals surface area contributed by atoms with Crippen molar-refractivity contribution in [2.45, 2.75) is 38.7 Å². The summed E-state index contributed by atoms with van der Waals surface area (Å²) < 4.78 is 90.4. The van der Waals surface area contributed by atoms with Gasteiger partial charge in [-0.1, -0.05) is 20.4 Å². The first-order chi connectivity index (χ1) is 11.6. The molecule has 26 heavy (non-hydrogen) atoms. The van der Waals surface area contributed by atoms with Gasteiger partial charge >= 0.3 is 35.9 Å². The average molecular weight is 394 g/mol. The number of halogens is 6. The molecule has 0 aliphatic carbocycles. The van der Waals surface area contributed by atoms with Gasteiger partial charge in [-0.15, -0.1) is 0 Å². The van der Waals surface area contributed by atoms with E-state index in [2.05, 4.69) is 20.8 Å². The van der Waals surface area contributed by atoms with Gasteiger partial charge in [0, 0.05) is 5.57 Å². The van der Waals surface area contributed by atoms with Crippen LogP contribution in [-0.4, -0.2) is 49.1 Å². The minimum Gasteiger partial charge on any atom is -0.459 e. The van der Waals surface area contributed by atoms with Crippen LogP contribution < -0.4 is 0 Å². The molecule has 0 spiro atoms. The van der Waals surface area contributed by atoms with Crippen LogP contribution in [0.5, 0.6) is 0 Å². The van der Waals surface area contributed by atoms with Gasteiger partial charge in [-0.05, 0) is 6.92 Å². The second-order valence-corrected chi connectivity index (χ2v) is 5.30. The van der Waals surface area contributed by atoms with Crippen LogP contribution in [0.2, 0.25) is 0 Å². The fraction of sp³-hybridized carbons (Fsp3) is 0.643. The van der Waals surface area contributed by atoms with Gasteiger partial charge in [-0.2, -0.15) is 26.3 Å². The van der Waals surface area contributed by atoms with Gasteiger partial charge in [0.15, 0.2) is 0 Å². The van der Waals surface area contributed by atoms with Crippen LogP contribution in [0.25, 0.3) is 0 Å². The first kappa shape index (κ1) is 23.7. The van der Waals surface area contributed by atoms with E-state index in [0.29, 0.717) is 0 Å². The molecule has 0 aromatic heterocycles. The molecule has 150 valence electrons. The van der Waals surface area contributed by atoms with E-state index in [1.54, 1.807) is 0 Å². The standard InChI is InChI=1S/C14H16F6O6/c1-7(2)9(21)24-5-6-25-11(23)12(13(15,16)17,14(18,19)20)26-10(22)8(3)4/h8H,1,5-6H2,2-4H3. The Morgan fingerprint density at radius 1 is 0.923 bits per heavy atom. The fourth-order valence-corrected chi connectivity index (χ4v) is 1.31. The second kappa shape index (κ2) is 8.41. The number of carbonyl (C=O) groups excluding carboxylic acids is 3. The summed E-state index contributed by atoms with van der Waals surface area (Å²) in [6.07, 6.45) is -12.7. The van der Waals surface area contributed by atoms with E-state index in [0.717, 1.165) is 13.8 Å². The Hall–Kier alpha value is -2.27. The molecule has 0 aromatic rings. The van der Waals surface area contributed by atoms with E-state index in [1.807, 2.05) is 0 Å². The van der Waals surface area contributed by atoms with Gasteiger partial charge in [0.2, 0.25) is 0 Å². The molecule has 0 atom stereocenters. The number of hydrogen-bond donors (Lipinski definition) is 0. The fourth-order valence-electron chi connectivity index (χ4n) is 1.31. The van der Waals surface area contributed by atoms with Crippen LogP contribution in [0.1, 0.15) is 20.8 Å². The first-order valence-electron chi connectivity index (χ1n) is 6.94. The molecular weight excluding hydrogens is 378 g/mol. The summed E-state index contributed by atoms with van der Waals surface area (Å²) in [4.78, 5) is 34.0. The monoisotopic (exact) mass is 394 g/mol. The number of rotatable bonds is 7. The largest absolute Gasteiger partial charge is 0.459 e. The van der Waals surface area contributed by atoms with E-state index in [1.165, 1.54) is 6.92 Å². The lowest BCUT2D eigenvalue weighted by molar-refractivity contribution is -0.359. The summed E-state index contributed by atoms with van der Waals surface area (Å²) >= 11 is 0. The molecule has 0 bridgehead atoms. The predicted molar refractivity (Wildman–Crippen MR) is 72.5 cm³/mol. The minimum atomic E-state index is -6.35. The van der Waals surface area contributed by atoms with Gasteiger partial charge in [-0.25, -0.2) is 9.59 Å². The normalized spacial score (nSPS) is 12.5. The molecule has 0 fully saturated rings. The van der Waals surface area contributed by atoms with Gasteiger partial charge in [0.1, 0.15) is 13.2 Å². The summed E-state index contributed by atoms with van der Waals surface area (Å²) in [5.41, 5.74) is -5.60. The highest BCUT2D eigenvalue weighted by molar-refractivity contribution is 5.87. The van der Waals surface area contributed by atoms with Crippen LogP contribution in [-0.2, 0) is 28.6 Å². The van der Waals surface area contributed by atoms with Crippen molar-refractivity contribution >= 4 is 17.9 Å². The van der Waals surface area contributed by atoms with Crippen LogP contribution in [0.3, 0.4) is 0 Å². The van der Waals surface area contributed by atoms with E-state index < -0.39 is 55.0 Å². The topological polar surface area (TPSA) is 78.9 Å². The van der Waals surface area contributed by atoms with Crippen molar-refractivity contribution in [2.24, 2.45) is 5.92 Å². The van der Waals surface area contributed by atoms with E-state index >= 15 is 0 Å². The summed E-state index contributed by atoms with van der Waals surface area (Å²) in [5, 5.41) is 0. The zero-order valence-corrected chi connectivity index (χ0v) is 13.9. The van der Waals surface area contributed by atoms with Crippen molar-refractivity contribution in [3.8, 4) is 0 Å². The third-order valence-corrected chi connectivity index (χ3v) is 2.71. The molecule has 0 aliphatic heterocycles. The highest BCUT2D eigenvalue weighted by Crippen LogP contribution is 2.47. The van der Waals surface area contributed by atoms with Crippen LogP contribution in [0.15, 0.2) is 12.2 Å². The quantitative estimate of drug-likeness (QED) is 0.217. The predicted octanol–water partition coefficient (Wildman–Crippen LogP) is 2.71. The molecule has 0 radical (unpaired) electrons. The van der Waals surface area contributed by atoms with Gasteiger partial charge in [-0.3, -0.25) is 4.79 Å². The van der Waals surface area contributed by atoms with Crippen LogP contribution in [0, 0.1) is 5.92 Å². The summed E-state index contributed by atoms with van der Waals surface area (Å²) in [5.74, 6) is -7.20. The zero-order chi connectivity index (χ0) is 20.9. The lowest BCUT2D eigenvalue weighted by Crippen LogP contribution is -2.65. The number of ether oxygens (including phenoxy) is 3. The van der Waals surface area contributed by atoms with E-state index in [4.69, 9.17) is 0 Å². The number of alkyl halides is 6. The Morgan fingerprint density at radius 2 is 1.35 bits per heavy atom. The highest BCUT2D eigenvalue weighted by Gasteiger charge is 2.80. The first-order valence-corrected chi connectivity index (χ1v) is 6.94. The van der Waals surface area contributed by atoms with Gasteiger partial charge < -0.3 is 14.2 Å². The highest BCUT2D eigenvalue weighted by atomic mass is 19.4. The average Bonchev–Trinajstić information content (AvgIpc) is 2.45. The van der Waals surface area contributed by atoms with Crippen molar-refractivity contribution in [3.63, 3.8) is 0 Å². The summed E-state index contributed by atoms with van der Waals surface area (Å²) in [7, 11) is 0. The third-order valence-electron chi connectivity index (χ3n) is 2.71. The molecule has 0 saturated heterocycles. The lowest BCUT2D eigenvalue weighted by Gasteiger charge is -2.34. The van der Waals surface area contributed by atoms with Crippen molar-refractivity contribution < 1.29 is 54.9 Å². The van der Waals surface area contributed by atoms with Crippen molar-refractivity contribution in [1.82, 2.24) is 0 Å². The molecule has 0 heterocycles. The molecule has 0 saturated carbocycles.